The van der Waals surface area contributed by atoms with E-state index >= 15 is 0 Å². The largest absolute Gasteiger partial charge is 0.382 e. The lowest BCUT2D eigenvalue weighted by Crippen LogP contribution is -2.34. The van der Waals surface area contributed by atoms with E-state index in [1.807, 2.05) is 7.05 Å². The Morgan fingerprint density at radius 2 is 1.85 bits per heavy atom. The van der Waals surface area contributed by atoms with Gasteiger partial charge in [-0.1, -0.05) is 17.7 Å². The Hall–Kier alpha value is -1.29. The normalized spacial score (nSPS) is 18.2. The minimum Gasteiger partial charge on any atom is -0.382 e. The van der Waals surface area contributed by atoms with Crippen LogP contribution in [0, 0.1) is 20.8 Å². The summed E-state index contributed by atoms with van der Waals surface area (Å²) < 4.78 is 3.24. The highest BCUT2D eigenvalue weighted by Gasteiger charge is 2.26. The quantitative estimate of drug-likeness (QED) is 0.643. The van der Waals surface area contributed by atoms with E-state index in [2.05, 4.69) is 58.7 Å². The minimum absolute atomic E-state index is 0.854. The summed E-state index contributed by atoms with van der Waals surface area (Å²) in [4.78, 5) is 0. The van der Waals surface area contributed by atoms with Gasteiger partial charge in [0.25, 0.3) is 5.84 Å². The Balaban J connectivity index is 2.63. The van der Waals surface area contributed by atoms with E-state index in [0.29, 0.717) is 0 Å². The van der Waals surface area contributed by atoms with Gasteiger partial charge in [-0.2, -0.15) is 0 Å². The van der Waals surface area contributed by atoms with Crippen molar-refractivity contribution in [1.82, 2.24) is 5.32 Å². The van der Waals surface area contributed by atoms with Crippen LogP contribution in [0.15, 0.2) is 22.3 Å². The first-order chi connectivity index (χ1) is 9.45. The predicted molar refractivity (Wildman–Crippen MR) is 88.9 cm³/mol. The van der Waals surface area contributed by atoms with Gasteiger partial charge in [-0.05, 0) is 60.7 Å². The van der Waals surface area contributed by atoms with E-state index in [4.69, 9.17) is 5.73 Å². The number of nitrogens with one attached hydrogen (secondary N) is 1. The van der Waals surface area contributed by atoms with Crippen LogP contribution in [0.2, 0.25) is 0 Å². The summed E-state index contributed by atoms with van der Waals surface area (Å²) in [5.41, 5.74) is 12.7. The molecule has 3 nitrogen and oxygen atoms in total. The predicted octanol–water partition coefficient (Wildman–Crippen LogP) is 3.23. The molecule has 0 spiro atoms. The molecule has 0 radical (unpaired) electrons. The summed E-state index contributed by atoms with van der Waals surface area (Å²) in [6.07, 6.45) is 2.12. The maximum Gasteiger partial charge on any atom is 0.278 e. The van der Waals surface area contributed by atoms with E-state index < -0.39 is 0 Å². The van der Waals surface area contributed by atoms with Crippen LogP contribution in [0.5, 0.6) is 0 Å². The Morgan fingerprint density at radius 3 is 2.40 bits per heavy atom. The number of nitrogens with zero attached hydrogens (tertiary/aromatic N) is 1. The van der Waals surface area contributed by atoms with E-state index in [0.717, 1.165) is 35.4 Å². The highest BCUT2D eigenvalue weighted by Crippen LogP contribution is 2.29. The van der Waals surface area contributed by atoms with E-state index in [1.165, 1.54) is 22.4 Å². The van der Waals surface area contributed by atoms with Gasteiger partial charge >= 0.3 is 0 Å². The monoisotopic (exact) mass is 336 g/mol. The molecule has 0 unspecified atom stereocenters. The molecule has 20 heavy (non-hydrogen) atoms. The molecule has 0 amide bonds. The maximum atomic E-state index is 6.42. The minimum atomic E-state index is 0.854. The van der Waals surface area contributed by atoms with Crippen molar-refractivity contribution >= 4 is 27.5 Å². The van der Waals surface area contributed by atoms with Gasteiger partial charge in [0, 0.05) is 7.05 Å². The van der Waals surface area contributed by atoms with Gasteiger partial charge in [0.05, 0.1) is 16.7 Å². The lowest BCUT2D eigenvalue weighted by atomic mass is 10.0. The number of hydrogen-bond donors (Lipinski definition) is 2. The number of benzene rings is 1. The Bertz CT molecular complexity index is 577. The third-order valence-electron chi connectivity index (χ3n) is 3.80. The molecule has 1 aliphatic heterocycles. The van der Waals surface area contributed by atoms with Crippen molar-refractivity contribution in [3.63, 3.8) is 0 Å². The third kappa shape index (κ3) is 2.75. The van der Waals surface area contributed by atoms with Gasteiger partial charge in [0.1, 0.15) is 5.69 Å². The Morgan fingerprint density at radius 1 is 1.25 bits per heavy atom. The van der Waals surface area contributed by atoms with Gasteiger partial charge in [0.2, 0.25) is 0 Å². The number of rotatable bonds is 2. The molecule has 4 heteroatoms. The summed E-state index contributed by atoms with van der Waals surface area (Å²) in [6.45, 7) is 7.43. The van der Waals surface area contributed by atoms with E-state index in [-0.39, 0.29) is 0 Å². The second-order valence-corrected chi connectivity index (χ2v) is 6.22. The zero-order valence-corrected chi connectivity index (χ0v) is 14.3. The van der Waals surface area contributed by atoms with Crippen molar-refractivity contribution in [2.75, 3.05) is 13.6 Å². The number of hydrogen-bond acceptors (Lipinski definition) is 2. The van der Waals surface area contributed by atoms with Crippen LogP contribution in [-0.2, 0) is 0 Å². The Kier molecular flexibility index (Phi) is 4.53. The average molecular weight is 337 g/mol. The van der Waals surface area contributed by atoms with Crippen LogP contribution in [0.3, 0.4) is 0 Å². The van der Waals surface area contributed by atoms with Crippen molar-refractivity contribution in [1.29, 1.82) is 0 Å². The van der Waals surface area contributed by atoms with Gasteiger partial charge < -0.3 is 5.32 Å². The molecule has 0 saturated heterocycles. The fourth-order valence-corrected chi connectivity index (χ4v) is 3.43. The van der Waals surface area contributed by atoms with Crippen molar-refractivity contribution < 1.29 is 4.58 Å². The summed E-state index contributed by atoms with van der Waals surface area (Å²) in [5, 5.41) is 3.14. The van der Waals surface area contributed by atoms with Crippen LogP contribution in [-0.4, -0.2) is 24.0 Å². The first-order valence-corrected chi connectivity index (χ1v) is 7.79. The number of amidine groups is 1. The molecule has 2 rings (SSSR count). The molecule has 0 fully saturated rings. The van der Waals surface area contributed by atoms with E-state index in [9.17, 15) is 0 Å². The fourth-order valence-electron chi connectivity index (χ4n) is 3.03. The smallest absolute Gasteiger partial charge is 0.278 e. The van der Waals surface area contributed by atoms with E-state index in [1.54, 1.807) is 0 Å². The average Bonchev–Trinajstić information content (AvgIpc) is 2.38. The molecule has 108 valence electrons. The van der Waals surface area contributed by atoms with Gasteiger partial charge in [-0.25, -0.2) is 4.58 Å². The van der Waals surface area contributed by atoms with Crippen LogP contribution in [0.4, 0.5) is 5.69 Å². The summed E-state index contributed by atoms with van der Waals surface area (Å²) in [6, 6.07) is 4.45. The lowest BCUT2D eigenvalue weighted by Gasteiger charge is -2.21. The van der Waals surface area contributed by atoms with Crippen molar-refractivity contribution in [2.45, 2.75) is 33.6 Å². The topological polar surface area (TPSA) is 41.1 Å². The van der Waals surface area contributed by atoms with Crippen molar-refractivity contribution in [3.05, 3.63) is 39.0 Å². The van der Waals surface area contributed by atoms with Crippen LogP contribution >= 0.6 is 15.9 Å². The first-order valence-electron chi connectivity index (χ1n) is 7.00. The highest BCUT2D eigenvalue weighted by molar-refractivity contribution is 9.11. The van der Waals surface area contributed by atoms with Crippen molar-refractivity contribution in [2.24, 2.45) is 5.73 Å². The molecule has 0 aliphatic carbocycles. The van der Waals surface area contributed by atoms with Gasteiger partial charge in [0.15, 0.2) is 0 Å². The van der Waals surface area contributed by atoms with Gasteiger partial charge in [-0.15, -0.1) is 0 Å². The summed E-state index contributed by atoms with van der Waals surface area (Å²) in [7, 11) is 1.91. The molecular weight excluding hydrogens is 314 g/mol. The van der Waals surface area contributed by atoms with Crippen LogP contribution in [0.1, 0.15) is 29.5 Å². The van der Waals surface area contributed by atoms with Crippen LogP contribution in [0.25, 0.3) is 0 Å². The number of nitrogens with two attached hydrogens (primary N) is 1. The molecule has 0 bridgehead atoms. The molecular formula is C16H23BrN3+. The summed E-state index contributed by atoms with van der Waals surface area (Å²) in [5.74, 6) is 0.854. The molecule has 1 aromatic rings. The number of aryl methyl sites for hydroxylation is 3. The van der Waals surface area contributed by atoms with Gasteiger partial charge in [-0.3, -0.25) is 5.73 Å². The standard InChI is InChI=1S/C16H22BrN3/c1-10-8-11(2)14(12(3)9-10)20-7-5-6-13(16(20)18)15(17)19-4/h8-9H,5-7H2,1-4H3,(H2,18,19)/p+1. The number of halogens is 1. The lowest BCUT2D eigenvalue weighted by molar-refractivity contribution is -0.446. The zero-order valence-electron chi connectivity index (χ0n) is 12.7. The van der Waals surface area contributed by atoms with Crippen molar-refractivity contribution in [3.8, 4) is 0 Å². The second kappa shape index (κ2) is 6.00. The molecule has 1 aromatic carbocycles. The zero-order chi connectivity index (χ0) is 14.9. The molecule has 0 saturated carbocycles. The highest BCUT2D eigenvalue weighted by atomic mass is 79.9. The fraction of sp³-hybridized carbons (Fsp3) is 0.438. The SMILES string of the molecule is CN/C(Br)=C1/CCC[N+](c2c(C)cc(C)cc2C)=C1N. The molecule has 0 atom stereocenters. The third-order valence-corrected chi connectivity index (χ3v) is 4.67. The van der Waals surface area contributed by atoms with Crippen LogP contribution < -0.4 is 11.1 Å². The molecule has 1 aliphatic rings. The summed E-state index contributed by atoms with van der Waals surface area (Å²) >= 11 is 3.57. The molecule has 0 aromatic heterocycles. The molecule has 3 N–H and O–H groups in total. The maximum absolute atomic E-state index is 6.42. The second-order valence-electron chi connectivity index (χ2n) is 5.43. The molecule has 1 heterocycles. The first kappa shape index (κ1) is 15.1. The Labute approximate surface area is 129 Å².